The standard InChI is InChI=1S/C22H17N3O4/c1-29-18-10-7-16(8-11-18)23-13-19-20(26)24-22(28)25(21(19)27)17-9-6-14-4-2-3-5-15(14)12-17/h2-13,27H,1H3,(H,24,26,28). The fraction of sp³-hybridized carbons (Fsp3) is 0.0455. The highest BCUT2D eigenvalue weighted by atomic mass is 16.5. The topological polar surface area (TPSA) is 96.7 Å². The molecule has 0 radical (unpaired) electrons. The summed E-state index contributed by atoms with van der Waals surface area (Å²) < 4.78 is 6.14. The summed E-state index contributed by atoms with van der Waals surface area (Å²) in [5, 5.41) is 12.6. The average molecular weight is 387 g/mol. The van der Waals surface area contributed by atoms with Crippen molar-refractivity contribution in [2.75, 3.05) is 7.11 Å². The molecule has 0 bridgehead atoms. The summed E-state index contributed by atoms with van der Waals surface area (Å²) in [5.41, 5.74) is -0.575. The van der Waals surface area contributed by atoms with Crippen molar-refractivity contribution in [2.24, 2.45) is 4.99 Å². The van der Waals surface area contributed by atoms with Crippen molar-refractivity contribution in [3.05, 3.63) is 93.1 Å². The van der Waals surface area contributed by atoms with Crippen LogP contribution in [0.2, 0.25) is 0 Å². The third-order valence-corrected chi connectivity index (χ3v) is 4.53. The van der Waals surface area contributed by atoms with E-state index < -0.39 is 17.1 Å². The zero-order valence-electron chi connectivity index (χ0n) is 15.5. The van der Waals surface area contributed by atoms with Crippen LogP contribution in [0.5, 0.6) is 11.6 Å². The number of nitrogens with one attached hydrogen (secondary N) is 1. The number of hydrogen-bond acceptors (Lipinski definition) is 5. The van der Waals surface area contributed by atoms with Gasteiger partial charge < -0.3 is 9.84 Å². The normalized spacial score (nSPS) is 11.2. The molecule has 29 heavy (non-hydrogen) atoms. The molecule has 0 unspecified atom stereocenters. The van der Waals surface area contributed by atoms with Gasteiger partial charge in [0.15, 0.2) is 0 Å². The van der Waals surface area contributed by atoms with Crippen LogP contribution in [0.15, 0.2) is 81.3 Å². The number of aromatic hydroxyl groups is 1. The molecule has 4 aromatic rings. The molecule has 0 aliphatic carbocycles. The van der Waals surface area contributed by atoms with Gasteiger partial charge in [0.2, 0.25) is 5.88 Å². The number of ether oxygens (including phenoxy) is 1. The lowest BCUT2D eigenvalue weighted by atomic mass is 10.1. The van der Waals surface area contributed by atoms with Crippen molar-refractivity contribution in [1.29, 1.82) is 0 Å². The summed E-state index contributed by atoms with van der Waals surface area (Å²) in [6.45, 7) is 0. The number of methoxy groups -OCH3 is 1. The van der Waals surface area contributed by atoms with Gasteiger partial charge in [-0.25, -0.2) is 9.36 Å². The molecule has 144 valence electrons. The Hall–Kier alpha value is -4.13. The number of aromatic amines is 1. The first kappa shape index (κ1) is 18.2. The van der Waals surface area contributed by atoms with E-state index in [0.717, 1.165) is 15.3 Å². The number of rotatable bonds is 4. The molecule has 0 aliphatic heterocycles. The summed E-state index contributed by atoms with van der Waals surface area (Å²) in [4.78, 5) is 31.1. The molecule has 0 saturated carbocycles. The zero-order chi connectivity index (χ0) is 20.4. The molecule has 7 heteroatoms. The number of H-pyrrole nitrogens is 1. The zero-order valence-corrected chi connectivity index (χ0v) is 15.5. The number of benzene rings is 3. The van der Waals surface area contributed by atoms with Crippen LogP contribution in [-0.2, 0) is 0 Å². The molecule has 0 amide bonds. The SMILES string of the molecule is COc1ccc(N=Cc2c(O)n(-c3ccc4ccccc4c3)c(=O)[nH]c2=O)cc1. The first-order valence-corrected chi connectivity index (χ1v) is 8.82. The minimum atomic E-state index is -0.732. The molecule has 3 aromatic carbocycles. The second-order valence-electron chi connectivity index (χ2n) is 6.32. The third kappa shape index (κ3) is 3.53. The van der Waals surface area contributed by atoms with Gasteiger partial charge >= 0.3 is 5.69 Å². The second kappa shape index (κ2) is 7.47. The molecule has 0 saturated heterocycles. The smallest absolute Gasteiger partial charge is 0.335 e. The number of hydrogen-bond donors (Lipinski definition) is 2. The van der Waals surface area contributed by atoms with Crippen molar-refractivity contribution in [2.45, 2.75) is 0 Å². The molecule has 2 N–H and O–H groups in total. The van der Waals surface area contributed by atoms with Gasteiger partial charge in [0.1, 0.15) is 11.3 Å². The molecular weight excluding hydrogens is 370 g/mol. The maximum absolute atomic E-state index is 12.4. The monoisotopic (exact) mass is 387 g/mol. The van der Waals surface area contributed by atoms with E-state index >= 15 is 0 Å². The van der Waals surface area contributed by atoms with Crippen LogP contribution in [0, 0.1) is 0 Å². The highest BCUT2D eigenvalue weighted by Gasteiger charge is 2.14. The number of aliphatic imine (C=N–C) groups is 1. The predicted molar refractivity (Wildman–Crippen MR) is 112 cm³/mol. The average Bonchev–Trinajstić information content (AvgIpc) is 2.73. The van der Waals surface area contributed by atoms with Crippen LogP contribution in [0.4, 0.5) is 5.69 Å². The first-order chi connectivity index (χ1) is 14.1. The Morgan fingerprint density at radius 2 is 1.72 bits per heavy atom. The van der Waals surface area contributed by atoms with E-state index in [0.29, 0.717) is 17.1 Å². The van der Waals surface area contributed by atoms with E-state index in [4.69, 9.17) is 4.74 Å². The van der Waals surface area contributed by atoms with Crippen LogP contribution in [0.3, 0.4) is 0 Å². The predicted octanol–water partition coefficient (Wildman–Crippen LogP) is 3.14. The van der Waals surface area contributed by atoms with Gasteiger partial charge in [0, 0.05) is 6.21 Å². The van der Waals surface area contributed by atoms with Crippen LogP contribution in [0.25, 0.3) is 16.5 Å². The minimum absolute atomic E-state index is 0.117. The van der Waals surface area contributed by atoms with E-state index in [9.17, 15) is 14.7 Å². The van der Waals surface area contributed by atoms with E-state index in [1.807, 2.05) is 30.3 Å². The van der Waals surface area contributed by atoms with Gasteiger partial charge in [0.25, 0.3) is 5.56 Å². The highest BCUT2D eigenvalue weighted by Crippen LogP contribution is 2.22. The van der Waals surface area contributed by atoms with Crippen molar-refractivity contribution < 1.29 is 9.84 Å². The quantitative estimate of drug-likeness (QED) is 0.526. The van der Waals surface area contributed by atoms with Crippen molar-refractivity contribution in [3.63, 3.8) is 0 Å². The molecule has 1 heterocycles. The fourth-order valence-corrected chi connectivity index (χ4v) is 3.02. The maximum Gasteiger partial charge on any atom is 0.335 e. The molecule has 1 aromatic heterocycles. The van der Waals surface area contributed by atoms with Gasteiger partial charge in [-0.1, -0.05) is 30.3 Å². The Kier molecular flexibility index (Phi) is 4.70. The highest BCUT2D eigenvalue weighted by molar-refractivity contribution is 5.86. The van der Waals surface area contributed by atoms with Gasteiger partial charge in [-0.3, -0.25) is 14.8 Å². The molecule has 0 fully saturated rings. The minimum Gasteiger partial charge on any atom is -0.497 e. The van der Waals surface area contributed by atoms with Gasteiger partial charge in [-0.05, 0) is 47.2 Å². The number of fused-ring (bicyclic) bond motifs is 1. The largest absolute Gasteiger partial charge is 0.497 e. The Morgan fingerprint density at radius 3 is 2.45 bits per heavy atom. The summed E-state index contributed by atoms with van der Waals surface area (Å²) in [6, 6.07) is 19.8. The van der Waals surface area contributed by atoms with Crippen LogP contribution >= 0.6 is 0 Å². The van der Waals surface area contributed by atoms with Crippen molar-refractivity contribution in [1.82, 2.24) is 9.55 Å². The lowest BCUT2D eigenvalue weighted by Gasteiger charge is -2.10. The van der Waals surface area contributed by atoms with E-state index in [1.165, 1.54) is 6.21 Å². The second-order valence-corrected chi connectivity index (χ2v) is 6.32. The Morgan fingerprint density at radius 1 is 1.00 bits per heavy atom. The molecule has 0 atom stereocenters. The molecule has 7 nitrogen and oxygen atoms in total. The maximum atomic E-state index is 12.4. The molecular formula is C22H17N3O4. The molecule has 0 spiro atoms. The third-order valence-electron chi connectivity index (χ3n) is 4.53. The van der Waals surface area contributed by atoms with Gasteiger partial charge in [-0.2, -0.15) is 0 Å². The van der Waals surface area contributed by atoms with Crippen LogP contribution in [0.1, 0.15) is 5.56 Å². The summed E-state index contributed by atoms with van der Waals surface area (Å²) in [6.07, 6.45) is 1.23. The van der Waals surface area contributed by atoms with Crippen molar-refractivity contribution >= 4 is 22.7 Å². The fourth-order valence-electron chi connectivity index (χ4n) is 3.02. The number of aromatic nitrogens is 2. The Bertz CT molecular complexity index is 1340. The lowest BCUT2D eigenvalue weighted by Crippen LogP contribution is -2.31. The van der Waals surface area contributed by atoms with E-state index in [2.05, 4.69) is 9.98 Å². The van der Waals surface area contributed by atoms with Crippen LogP contribution in [-0.4, -0.2) is 28.0 Å². The van der Waals surface area contributed by atoms with Crippen molar-refractivity contribution in [3.8, 4) is 17.3 Å². The summed E-state index contributed by atoms with van der Waals surface area (Å²) in [7, 11) is 1.56. The first-order valence-electron chi connectivity index (χ1n) is 8.82. The number of nitrogens with zero attached hydrogens (tertiary/aromatic N) is 2. The van der Waals surface area contributed by atoms with Crippen LogP contribution < -0.4 is 16.0 Å². The Labute approximate surface area is 165 Å². The van der Waals surface area contributed by atoms with E-state index in [1.54, 1.807) is 43.5 Å². The van der Waals surface area contributed by atoms with Gasteiger partial charge in [0.05, 0.1) is 18.5 Å². The Balaban J connectivity index is 1.80. The summed E-state index contributed by atoms with van der Waals surface area (Å²) in [5.74, 6) is 0.195. The molecule has 4 rings (SSSR count). The summed E-state index contributed by atoms with van der Waals surface area (Å²) >= 11 is 0. The van der Waals surface area contributed by atoms with Gasteiger partial charge in [-0.15, -0.1) is 0 Å². The molecule has 0 aliphatic rings. The lowest BCUT2D eigenvalue weighted by molar-refractivity contribution is 0.415. The van der Waals surface area contributed by atoms with E-state index in [-0.39, 0.29) is 5.56 Å².